The van der Waals surface area contributed by atoms with Crippen LogP contribution in [0, 0.1) is 12.7 Å². The van der Waals surface area contributed by atoms with E-state index in [1.54, 1.807) is 0 Å². The minimum atomic E-state index is -3.24. The molecule has 1 aliphatic heterocycles. The quantitative estimate of drug-likeness (QED) is 0.758. The van der Waals surface area contributed by atoms with Crippen LogP contribution in [0.4, 0.5) is 19.0 Å². The largest absolute Gasteiger partial charge is 0.364 e. The third kappa shape index (κ3) is 5.62. The van der Waals surface area contributed by atoms with Crippen molar-refractivity contribution >= 4 is 18.0 Å². The van der Waals surface area contributed by atoms with Crippen LogP contribution in [0.5, 0.6) is 0 Å². The summed E-state index contributed by atoms with van der Waals surface area (Å²) in [5.41, 5.74) is 0.358. The molecule has 31 heavy (non-hydrogen) atoms. The van der Waals surface area contributed by atoms with E-state index in [0.29, 0.717) is 12.7 Å². The second-order valence-electron chi connectivity index (χ2n) is 8.08. The molecule has 5 nitrogen and oxygen atoms in total. The van der Waals surface area contributed by atoms with Gasteiger partial charge >= 0.3 is 0 Å². The molecule has 168 valence electrons. The van der Waals surface area contributed by atoms with Crippen LogP contribution >= 0.6 is 0 Å². The smallest absolute Gasteiger partial charge is 0.273 e. The van der Waals surface area contributed by atoms with Crippen LogP contribution in [0.2, 0.25) is 0 Å². The topological polar surface area (TPSA) is 44.3 Å². The summed E-state index contributed by atoms with van der Waals surface area (Å²) >= 11 is 0. The number of hydrogen-bond acceptors (Lipinski definition) is 5. The maximum absolute atomic E-state index is 14.6. The number of nitrogens with one attached hydrogen (secondary N) is 1. The van der Waals surface area contributed by atoms with Gasteiger partial charge in [0.25, 0.3) is 5.92 Å². The van der Waals surface area contributed by atoms with Gasteiger partial charge in [-0.1, -0.05) is 30.4 Å². The SMILES string of the molecule is C/C=c1/c(C)nnc(NCc2cccc(C(C)(F)F)c2F)/c1=C/CN1CCN(C)CC1. The first-order valence-corrected chi connectivity index (χ1v) is 10.5. The van der Waals surface area contributed by atoms with E-state index in [2.05, 4.69) is 38.4 Å². The maximum Gasteiger partial charge on any atom is 0.273 e. The maximum atomic E-state index is 14.6. The van der Waals surface area contributed by atoms with Crippen molar-refractivity contribution in [3.63, 3.8) is 0 Å². The lowest BCUT2D eigenvalue weighted by Crippen LogP contribution is -2.45. The van der Waals surface area contributed by atoms with Gasteiger partial charge in [0.1, 0.15) is 5.82 Å². The molecule has 1 aromatic carbocycles. The first-order chi connectivity index (χ1) is 14.7. The van der Waals surface area contributed by atoms with Gasteiger partial charge in [-0.3, -0.25) is 4.90 Å². The molecule has 1 aromatic heterocycles. The summed E-state index contributed by atoms with van der Waals surface area (Å²) in [7, 11) is 2.12. The number of aryl methyl sites for hydroxylation is 1. The minimum Gasteiger partial charge on any atom is -0.364 e. The summed E-state index contributed by atoms with van der Waals surface area (Å²) in [5, 5.41) is 13.4. The van der Waals surface area contributed by atoms with Gasteiger partial charge in [-0.15, -0.1) is 5.10 Å². The standard InChI is InChI=1S/C23H30F3N5/c1-5-18-16(2)28-29-22(19(18)9-10-31-13-11-30(4)12-14-31)27-15-17-7-6-8-20(21(17)24)23(3,25)26/h5-9H,10-15H2,1-4H3,(H,27,29)/b18-5-,19-9+. The van der Waals surface area contributed by atoms with Crippen molar-refractivity contribution in [3.05, 3.63) is 51.3 Å². The van der Waals surface area contributed by atoms with Crippen molar-refractivity contribution < 1.29 is 13.2 Å². The van der Waals surface area contributed by atoms with Gasteiger partial charge < -0.3 is 10.2 Å². The van der Waals surface area contributed by atoms with Gasteiger partial charge in [-0.05, 0) is 20.9 Å². The number of hydrogen-bond donors (Lipinski definition) is 1. The van der Waals surface area contributed by atoms with Gasteiger partial charge in [0.15, 0.2) is 5.82 Å². The molecular weight excluding hydrogens is 403 g/mol. The second kappa shape index (κ2) is 9.78. The van der Waals surface area contributed by atoms with E-state index in [-0.39, 0.29) is 12.1 Å². The molecule has 2 aromatic rings. The van der Waals surface area contributed by atoms with Crippen LogP contribution in [-0.4, -0.2) is 59.8 Å². The molecule has 0 bridgehead atoms. The number of piperazine rings is 1. The minimum absolute atomic E-state index is 0.0337. The summed E-state index contributed by atoms with van der Waals surface area (Å²) in [6, 6.07) is 4.06. The van der Waals surface area contributed by atoms with Crippen molar-refractivity contribution in [2.75, 3.05) is 45.1 Å². The molecule has 0 spiro atoms. The molecule has 3 rings (SSSR count). The van der Waals surface area contributed by atoms with Crippen LogP contribution in [0.15, 0.2) is 18.2 Å². The Kier molecular flexibility index (Phi) is 7.33. The average Bonchev–Trinajstić information content (AvgIpc) is 2.72. The molecule has 1 N–H and O–H groups in total. The lowest BCUT2D eigenvalue weighted by molar-refractivity contribution is 0.0136. The van der Waals surface area contributed by atoms with Gasteiger partial charge in [-0.2, -0.15) is 5.10 Å². The molecule has 1 fully saturated rings. The first kappa shape index (κ1) is 23.2. The number of aromatic nitrogens is 2. The molecule has 0 aliphatic carbocycles. The summed E-state index contributed by atoms with van der Waals surface area (Å²) in [4.78, 5) is 4.67. The average molecular weight is 434 g/mol. The van der Waals surface area contributed by atoms with E-state index in [4.69, 9.17) is 0 Å². The fraction of sp³-hybridized carbons (Fsp3) is 0.478. The molecule has 2 heterocycles. The lowest BCUT2D eigenvalue weighted by Gasteiger charge is -2.31. The summed E-state index contributed by atoms with van der Waals surface area (Å²) < 4.78 is 42.0. The zero-order chi connectivity index (χ0) is 22.6. The third-order valence-electron chi connectivity index (χ3n) is 5.67. The molecule has 0 unspecified atom stereocenters. The summed E-state index contributed by atoms with van der Waals surface area (Å²) in [6.45, 7) is 9.35. The van der Waals surface area contributed by atoms with Crippen LogP contribution < -0.4 is 15.8 Å². The molecule has 1 saturated heterocycles. The fourth-order valence-corrected chi connectivity index (χ4v) is 3.74. The molecular formula is C23H30F3N5. The monoisotopic (exact) mass is 433 g/mol. The Morgan fingerprint density at radius 1 is 1.13 bits per heavy atom. The van der Waals surface area contributed by atoms with Gasteiger partial charge in [0.2, 0.25) is 0 Å². The number of anilines is 1. The molecule has 1 aliphatic rings. The van der Waals surface area contributed by atoms with Gasteiger partial charge in [0.05, 0.1) is 11.3 Å². The van der Waals surface area contributed by atoms with Crippen LogP contribution in [0.3, 0.4) is 0 Å². The van der Waals surface area contributed by atoms with E-state index >= 15 is 0 Å². The van der Waals surface area contributed by atoms with Crippen molar-refractivity contribution in [3.8, 4) is 0 Å². The van der Waals surface area contributed by atoms with E-state index in [1.807, 2.05) is 19.9 Å². The van der Waals surface area contributed by atoms with Gasteiger partial charge in [0, 0.05) is 62.2 Å². The number of nitrogens with zero attached hydrogens (tertiary/aromatic N) is 4. The van der Waals surface area contributed by atoms with E-state index < -0.39 is 17.3 Å². The number of alkyl halides is 2. The molecule has 0 atom stereocenters. The highest BCUT2D eigenvalue weighted by Crippen LogP contribution is 2.30. The zero-order valence-corrected chi connectivity index (χ0v) is 18.6. The van der Waals surface area contributed by atoms with Crippen LogP contribution in [0.25, 0.3) is 12.2 Å². The highest BCUT2D eigenvalue weighted by molar-refractivity contribution is 5.47. The molecule has 8 heteroatoms. The zero-order valence-electron chi connectivity index (χ0n) is 18.6. The van der Waals surface area contributed by atoms with Crippen molar-refractivity contribution in [2.24, 2.45) is 0 Å². The van der Waals surface area contributed by atoms with E-state index in [0.717, 1.165) is 54.9 Å². The number of halogens is 3. The Morgan fingerprint density at radius 3 is 2.48 bits per heavy atom. The second-order valence-corrected chi connectivity index (χ2v) is 8.08. The molecule has 0 saturated carbocycles. The Balaban J connectivity index is 1.88. The highest BCUT2D eigenvalue weighted by Gasteiger charge is 2.29. The third-order valence-corrected chi connectivity index (χ3v) is 5.67. The van der Waals surface area contributed by atoms with E-state index in [9.17, 15) is 13.2 Å². The first-order valence-electron chi connectivity index (χ1n) is 10.5. The van der Waals surface area contributed by atoms with Gasteiger partial charge in [-0.25, -0.2) is 13.2 Å². The van der Waals surface area contributed by atoms with Crippen LogP contribution in [-0.2, 0) is 12.5 Å². The lowest BCUT2D eigenvalue weighted by atomic mass is 10.0. The van der Waals surface area contributed by atoms with Crippen molar-refractivity contribution in [1.29, 1.82) is 0 Å². The predicted molar refractivity (Wildman–Crippen MR) is 118 cm³/mol. The number of likely N-dealkylation sites (N-methyl/N-ethyl adjacent to an activating group) is 1. The van der Waals surface area contributed by atoms with E-state index in [1.165, 1.54) is 12.1 Å². The molecule has 0 radical (unpaired) electrons. The Bertz CT molecular complexity index is 1020. The van der Waals surface area contributed by atoms with Crippen molar-refractivity contribution in [1.82, 2.24) is 20.0 Å². The Morgan fingerprint density at radius 2 is 1.84 bits per heavy atom. The Labute approximate surface area is 181 Å². The molecule has 0 amide bonds. The number of benzene rings is 1. The summed E-state index contributed by atoms with van der Waals surface area (Å²) in [6.07, 6.45) is 4.08. The van der Waals surface area contributed by atoms with Crippen molar-refractivity contribution in [2.45, 2.75) is 33.2 Å². The Hall–Kier alpha value is -2.45. The summed E-state index contributed by atoms with van der Waals surface area (Å²) in [5.74, 6) is -3.62. The predicted octanol–water partition coefficient (Wildman–Crippen LogP) is 2.48. The van der Waals surface area contributed by atoms with Crippen LogP contribution in [0.1, 0.15) is 30.7 Å². The fourth-order valence-electron chi connectivity index (χ4n) is 3.74. The highest BCUT2D eigenvalue weighted by atomic mass is 19.3. The number of rotatable bonds is 6. The normalized spacial score (nSPS) is 17.4.